The van der Waals surface area contributed by atoms with Gasteiger partial charge < -0.3 is 25.8 Å². The summed E-state index contributed by atoms with van der Waals surface area (Å²) >= 11 is 0. The molecule has 3 rings (SSSR count). The van der Waals surface area contributed by atoms with E-state index in [0.717, 1.165) is 0 Å². The number of ether oxygens (including phenoxy) is 2. The van der Waals surface area contributed by atoms with Crippen LogP contribution in [-0.2, 0) is 4.79 Å². The predicted molar refractivity (Wildman–Crippen MR) is 103 cm³/mol. The molecule has 2 amide bonds. The molecule has 27 heavy (non-hydrogen) atoms. The van der Waals surface area contributed by atoms with Crippen molar-refractivity contribution in [2.45, 2.75) is 19.9 Å². The summed E-state index contributed by atoms with van der Waals surface area (Å²) in [6.45, 7) is 4.49. The third kappa shape index (κ3) is 4.38. The zero-order valence-corrected chi connectivity index (χ0v) is 15.3. The van der Waals surface area contributed by atoms with E-state index in [1.165, 1.54) is 0 Å². The van der Waals surface area contributed by atoms with E-state index in [4.69, 9.17) is 15.2 Å². The van der Waals surface area contributed by atoms with Crippen LogP contribution in [0.4, 0.5) is 11.4 Å². The van der Waals surface area contributed by atoms with Crippen LogP contribution in [0, 0.1) is 5.92 Å². The number of carbonyl (C=O) groups is 2. The number of benzene rings is 2. The van der Waals surface area contributed by atoms with Gasteiger partial charge in [0.25, 0.3) is 5.91 Å². The van der Waals surface area contributed by atoms with E-state index in [2.05, 4.69) is 10.6 Å². The quantitative estimate of drug-likeness (QED) is 0.752. The first-order valence-corrected chi connectivity index (χ1v) is 8.82. The Morgan fingerprint density at radius 2 is 1.70 bits per heavy atom. The molecule has 2 atom stereocenters. The van der Waals surface area contributed by atoms with Crippen LogP contribution in [0.2, 0.25) is 0 Å². The number of fused-ring (bicyclic) bond motifs is 1. The smallest absolute Gasteiger partial charge is 0.257 e. The van der Waals surface area contributed by atoms with Crippen molar-refractivity contribution in [1.29, 1.82) is 0 Å². The lowest BCUT2D eigenvalue weighted by molar-refractivity contribution is -0.119. The summed E-state index contributed by atoms with van der Waals surface area (Å²) in [4.78, 5) is 25.0. The summed E-state index contributed by atoms with van der Waals surface area (Å²) in [6.07, 6.45) is 0. The molecule has 1 aliphatic heterocycles. The number of hydrogen-bond donors (Lipinski definition) is 3. The lowest BCUT2D eigenvalue weighted by atomic mass is 10.0. The van der Waals surface area contributed by atoms with Crippen LogP contribution in [0.3, 0.4) is 0 Å². The Balaban J connectivity index is 1.76. The van der Waals surface area contributed by atoms with Crippen molar-refractivity contribution in [3.05, 3.63) is 48.0 Å². The van der Waals surface area contributed by atoms with Crippen LogP contribution in [0.15, 0.2) is 42.5 Å². The molecule has 0 aromatic heterocycles. The van der Waals surface area contributed by atoms with E-state index in [0.29, 0.717) is 41.7 Å². The number of nitrogens with two attached hydrogens (primary N) is 1. The molecule has 0 radical (unpaired) electrons. The van der Waals surface area contributed by atoms with Gasteiger partial charge in [0.2, 0.25) is 5.91 Å². The van der Waals surface area contributed by atoms with Crippen LogP contribution in [0.25, 0.3) is 0 Å². The molecule has 1 aliphatic rings. The highest BCUT2D eigenvalue weighted by atomic mass is 16.6. The van der Waals surface area contributed by atoms with Crippen LogP contribution < -0.4 is 25.8 Å². The van der Waals surface area contributed by atoms with E-state index in [1.807, 2.05) is 0 Å². The molecule has 0 saturated carbocycles. The van der Waals surface area contributed by atoms with Gasteiger partial charge >= 0.3 is 0 Å². The van der Waals surface area contributed by atoms with Crippen molar-refractivity contribution in [2.75, 3.05) is 23.8 Å². The molecule has 7 heteroatoms. The summed E-state index contributed by atoms with van der Waals surface area (Å²) in [5.74, 6) is 0.294. The zero-order chi connectivity index (χ0) is 19.4. The molecule has 142 valence electrons. The van der Waals surface area contributed by atoms with E-state index >= 15 is 0 Å². The number of carbonyl (C=O) groups excluding carboxylic acids is 2. The zero-order valence-electron chi connectivity index (χ0n) is 15.3. The van der Waals surface area contributed by atoms with Gasteiger partial charge in [0.15, 0.2) is 11.5 Å². The first-order chi connectivity index (χ1) is 13.0. The van der Waals surface area contributed by atoms with Gasteiger partial charge in [-0.1, -0.05) is 19.1 Å². The SMILES string of the molecule is CC(N)C(C)C(=O)Nc1ccccc1C(=O)Nc1ccc2c(c1)OCCO2. The molecule has 7 nitrogen and oxygen atoms in total. The van der Waals surface area contributed by atoms with Crippen LogP contribution in [0.1, 0.15) is 24.2 Å². The molecule has 1 heterocycles. The minimum absolute atomic E-state index is 0.232. The van der Waals surface area contributed by atoms with Crippen molar-refractivity contribution in [3.8, 4) is 11.5 Å². The fraction of sp³-hybridized carbons (Fsp3) is 0.300. The number of anilines is 2. The maximum absolute atomic E-state index is 12.7. The number of nitrogens with one attached hydrogen (secondary N) is 2. The van der Waals surface area contributed by atoms with Gasteiger partial charge in [-0.3, -0.25) is 9.59 Å². The molecule has 0 bridgehead atoms. The molecule has 0 spiro atoms. The second kappa shape index (κ2) is 8.09. The number of para-hydroxylation sites is 1. The number of hydrogen-bond acceptors (Lipinski definition) is 5. The Morgan fingerprint density at radius 3 is 2.44 bits per heavy atom. The Bertz CT molecular complexity index is 851. The molecular weight excluding hydrogens is 346 g/mol. The van der Waals surface area contributed by atoms with E-state index in [1.54, 1.807) is 56.3 Å². The number of amides is 2. The normalized spacial score (nSPS) is 14.8. The second-order valence-corrected chi connectivity index (χ2v) is 6.50. The molecule has 4 N–H and O–H groups in total. The maximum atomic E-state index is 12.7. The van der Waals surface area contributed by atoms with Crippen molar-refractivity contribution in [3.63, 3.8) is 0 Å². The first kappa shape index (κ1) is 18.7. The highest BCUT2D eigenvalue weighted by Gasteiger charge is 2.20. The van der Waals surface area contributed by atoms with Crippen LogP contribution >= 0.6 is 0 Å². The van der Waals surface area contributed by atoms with E-state index < -0.39 is 0 Å². The molecular formula is C20H23N3O4. The standard InChI is InChI=1S/C20H23N3O4/c1-12(13(2)21)19(24)23-16-6-4-3-5-15(16)20(25)22-14-7-8-17-18(11-14)27-10-9-26-17/h3-8,11-13H,9-10,21H2,1-2H3,(H,22,25)(H,23,24). The van der Waals surface area contributed by atoms with E-state index in [-0.39, 0.29) is 23.8 Å². The average molecular weight is 369 g/mol. The fourth-order valence-electron chi connectivity index (χ4n) is 2.59. The van der Waals surface area contributed by atoms with Gasteiger partial charge in [-0.15, -0.1) is 0 Å². The Kier molecular flexibility index (Phi) is 5.61. The lowest BCUT2D eigenvalue weighted by Crippen LogP contribution is -2.34. The number of rotatable bonds is 5. The van der Waals surface area contributed by atoms with Crippen LogP contribution in [0.5, 0.6) is 11.5 Å². The molecule has 0 aliphatic carbocycles. The highest BCUT2D eigenvalue weighted by molar-refractivity contribution is 6.10. The summed E-state index contributed by atoms with van der Waals surface area (Å²) in [7, 11) is 0. The summed E-state index contributed by atoms with van der Waals surface area (Å²) in [5, 5.41) is 5.61. The predicted octanol–water partition coefficient (Wildman–Crippen LogP) is 2.63. The third-order valence-electron chi connectivity index (χ3n) is 4.43. The second-order valence-electron chi connectivity index (χ2n) is 6.50. The minimum atomic E-state index is -0.376. The van der Waals surface area contributed by atoms with E-state index in [9.17, 15) is 9.59 Å². The molecule has 0 fully saturated rings. The Morgan fingerprint density at radius 1 is 1.00 bits per heavy atom. The highest BCUT2D eigenvalue weighted by Crippen LogP contribution is 2.33. The summed E-state index contributed by atoms with van der Waals surface area (Å²) in [5.41, 5.74) is 7.16. The summed E-state index contributed by atoms with van der Waals surface area (Å²) < 4.78 is 11.0. The third-order valence-corrected chi connectivity index (χ3v) is 4.43. The Labute approximate surface area is 157 Å². The van der Waals surface area contributed by atoms with Gasteiger partial charge in [-0.25, -0.2) is 0 Å². The topological polar surface area (TPSA) is 103 Å². The molecule has 0 saturated heterocycles. The Hall–Kier alpha value is -3.06. The molecule has 2 aromatic rings. The molecule has 2 unspecified atom stereocenters. The van der Waals surface area contributed by atoms with Gasteiger partial charge in [0.05, 0.1) is 17.2 Å². The summed E-state index contributed by atoms with van der Waals surface area (Å²) in [6, 6.07) is 11.8. The van der Waals surface area contributed by atoms with Crippen LogP contribution in [-0.4, -0.2) is 31.1 Å². The van der Waals surface area contributed by atoms with Crippen molar-refractivity contribution >= 4 is 23.2 Å². The maximum Gasteiger partial charge on any atom is 0.257 e. The first-order valence-electron chi connectivity index (χ1n) is 8.82. The van der Waals surface area contributed by atoms with Gasteiger partial charge in [0, 0.05) is 17.8 Å². The minimum Gasteiger partial charge on any atom is -0.486 e. The lowest BCUT2D eigenvalue weighted by Gasteiger charge is -2.19. The average Bonchev–Trinajstić information content (AvgIpc) is 2.67. The van der Waals surface area contributed by atoms with Crippen molar-refractivity contribution in [2.24, 2.45) is 11.7 Å². The van der Waals surface area contributed by atoms with Crippen molar-refractivity contribution < 1.29 is 19.1 Å². The molecule has 2 aromatic carbocycles. The monoisotopic (exact) mass is 369 g/mol. The van der Waals surface area contributed by atoms with Gasteiger partial charge in [0.1, 0.15) is 13.2 Å². The van der Waals surface area contributed by atoms with Crippen molar-refractivity contribution in [1.82, 2.24) is 0 Å². The van der Waals surface area contributed by atoms with Gasteiger partial charge in [-0.05, 0) is 31.2 Å². The van der Waals surface area contributed by atoms with Gasteiger partial charge in [-0.2, -0.15) is 0 Å². The largest absolute Gasteiger partial charge is 0.486 e. The fourth-order valence-corrected chi connectivity index (χ4v) is 2.59.